The van der Waals surface area contributed by atoms with Crippen LogP contribution in [0.25, 0.3) is 22.6 Å². The lowest BCUT2D eigenvalue weighted by molar-refractivity contribution is 0.100. The van der Waals surface area contributed by atoms with Crippen molar-refractivity contribution in [3.8, 4) is 11.5 Å². The Morgan fingerprint density at radius 1 is 1.16 bits per heavy atom. The van der Waals surface area contributed by atoms with Crippen molar-refractivity contribution in [1.29, 1.82) is 0 Å². The number of hydrogen-bond acceptors (Lipinski definition) is 3. The van der Waals surface area contributed by atoms with Crippen LogP contribution in [0.4, 0.5) is 0 Å². The van der Waals surface area contributed by atoms with Crippen molar-refractivity contribution in [3.05, 3.63) is 51.6 Å². The average molecular weight is 364 g/mol. The molecule has 0 bridgehead atoms. The molecule has 0 saturated heterocycles. The van der Waals surface area contributed by atoms with E-state index in [0.717, 1.165) is 9.13 Å². The summed E-state index contributed by atoms with van der Waals surface area (Å²) in [7, 11) is 0. The van der Waals surface area contributed by atoms with E-state index in [9.17, 15) is 4.79 Å². The predicted molar refractivity (Wildman–Crippen MR) is 80.7 cm³/mol. The van der Waals surface area contributed by atoms with Gasteiger partial charge in [0, 0.05) is 9.13 Å². The highest BCUT2D eigenvalue weighted by atomic mass is 127. The molecule has 1 heterocycles. The molecular formula is C14H9IN2O2. The van der Waals surface area contributed by atoms with Crippen molar-refractivity contribution in [2.45, 2.75) is 0 Å². The Morgan fingerprint density at radius 3 is 2.58 bits per heavy atom. The minimum Gasteiger partial charge on any atom is -0.436 e. The minimum absolute atomic E-state index is 0.407. The second-order valence-electron chi connectivity index (χ2n) is 4.02. The van der Waals surface area contributed by atoms with Gasteiger partial charge in [-0.15, -0.1) is 0 Å². The van der Waals surface area contributed by atoms with Crippen LogP contribution >= 0.6 is 22.6 Å². The first-order valence-electron chi connectivity index (χ1n) is 5.61. The smallest absolute Gasteiger partial charge is 0.252 e. The summed E-state index contributed by atoms with van der Waals surface area (Å²) in [5, 5.41) is 0. The number of amides is 1. The summed E-state index contributed by atoms with van der Waals surface area (Å²) >= 11 is 2.07. The van der Waals surface area contributed by atoms with E-state index in [1.807, 2.05) is 30.3 Å². The number of hydrogen-bond donors (Lipinski definition) is 1. The Morgan fingerprint density at radius 2 is 1.89 bits per heavy atom. The van der Waals surface area contributed by atoms with E-state index in [1.165, 1.54) is 0 Å². The average Bonchev–Trinajstić information content (AvgIpc) is 2.83. The molecule has 0 unspecified atom stereocenters. The third-order valence-electron chi connectivity index (χ3n) is 2.78. The van der Waals surface area contributed by atoms with Crippen molar-refractivity contribution in [2.24, 2.45) is 5.73 Å². The molecule has 3 aromatic rings. The summed E-state index contributed by atoms with van der Waals surface area (Å²) in [6, 6.07) is 13.1. The molecule has 0 aliphatic rings. The van der Waals surface area contributed by atoms with E-state index in [4.69, 9.17) is 10.2 Å². The molecule has 0 aliphatic heterocycles. The van der Waals surface area contributed by atoms with Gasteiger partial charge in [0.1, 0.15) is 5.52 Å². The molecule has 0 atom stereocenters. The van der Waals surface area contributed by atoms with Crippen LogP contribution in [0.15, 0.2) is 46.9 Å². The van der Waals surface area contributed by atoms with Gasteiger partial charge < -0.3 is 10.2 Å². The first-order chi connectivity index (χ1) is 9.16. The fourth-order valence-electron chi connectivity index (χ4n) is 1.91. The fourth-order valence-corrected chi connectivity index (χ4v) is 2.61. The second-order valence-corrected chi connectivity index (χ2v) is 5.18. The molecule has 0 spiro atoms. The van der Waals surface area contributed by atoms with Gasteiger partial charge in [-0.05, 0) is 46.9 Å². The van der Waals surface area contributed by atoms with Crippen LogP contribution in [0.1, 0.15) is 10.4 Å². The van der Waals surface area contributed by atoms with Crippen molar-refractivity contribution < 1.29 is 9.21 Å². The summed E-state index contributed by atoms with van der Waals surface area (Å²) in [6.07, 6.45) is 0. The van der Waals surface area contributed by atoms with Crippen LogP contribution in [0, 0.1) is 3.57 Å². The molecule has 2 N–H and O–H groups in total. The number of carbonyl (C=O) groups excluding carboxylic acids is 1. The quantitative estimate of drug-likeness (QED) is 0.710. The van der Waals surface area contributed by atoms with E-state index < -0.39 is 5.91 Å². The predicted octanol–water partition coefficient (Wildman–Crippen LogP) is 3.20. The third kappa shape index (κ3) is 2.10. The monoisotopic (exact) mass is 364 g/mol. The lowest BCUT2D eigenvalue weighted by atomic mass is 10.2. The van der Waals surface area contributed by atoms with Crippen LogP contribution in [-0.4, -0.2) is 10.9 Å². The van der Waals surface area contributed by atoms with E-state index in [-0.39, 0.29) is 0 Å². The number of rotatable bonds is 2. The zero-order valence-electron chi connectivity index (χ0n) is 9.76. The van der Waals surface area contributed by atoms with Crippen LogP contribution in [0.3, 0.4) is 0 Å². The topological polar surface area (TPSA) is 69.1 Å². The van der Waals surface area contributed by atoms with Crippen LogP contribution in [0.2, 0.25) is 0 Å². The van der Waals surface area contributed by atoms with Gasteiger partial charge in [-0.1, -0.05) is 18.2 Å². The molecular weight excluding hydrogens is 355 g/mol. The standard InChI is InChI=1S/C14H9IN2O2/c15-9-6-7-10-12(11(9)13(16)18)17-14(19-10)8-4-2-1-3-5-8/h1-7H,(H2,16,18). The summed E-state index contributed by atoms with van der Waals surface area (Å²) in [5.74, 6) is -0.0111. The molecule has 4 nitrogen and oxygen atoms in total. The third-order valence-corrected chi connectivity index (χ3v) is 3.68. The normalized spacial score (nSPS) is 10.8. The lowest BCUT2D eigenvalue weighted by Gasteiger charge is -1.98. The Balaban J connectivity index is 2.27. The second kappa shape index (κ2) is 4.65. The molecule has 5 heteroatoms. The van der Waals surface area contributed by atoms with Crippen molar-refractivity contribution in [2.75, 3.05) is 0 Å². The number of primary amides is 1. The molecule has 0 aliphatic carbocycles. The highest BCUT2D eigenvalue weighted by Crippen LogP contribution is 2.28. The van der Waals surface area contributed by atoms with Crippen LogP contribution < -0.4 is 5.73 Å². The van der Waals surface area contributed by atoms with Crippen LogP contribution in [0.5, 0.6) is 0 Å². The van der Waals surface area contributed by atoms with Gasteiger partial charge in [-0.2, -0.15) is 0 Å². The Hall–Kier alpha value is -1.89. The zero-order chi connectivity index (χ0) is 13.4. The number of fused-ring (bicyclic) bond motifs is 1. The van der Waals surface area contributed by atoms with Crippen molar-refractivity contribution >= 4 is 39.6 Å². The molecule has 2 aromatic carbocycles. The van der Waals surface area contributed by atoms with Crippen molar-refractivity contribution in [3.63, 3.8) is 0 Å². The number of oxazole rings is 1. The molecule has 0 saturated carbocycles. The number of carbonyl (C=O) groups is 1. The molecule has 19 heavy (non-hydrogen) atoms. The maximum absolute atomic E-state index is 11.5. The molecule has 0 fully saturated rings. The maximum atomic E-state index is 11.5. The number of nitrogens with two attached hydrogens (primary N) is 1. The molecule has 0 radical (unpaired) electrons. The maximum Gasteiger partial charge on any atom is 0.252 e. The van der Waals surface area contributed by atoms with Gasteiger partial charge in [-0.25, -0.2) is 4.98 Å². The fraction of sp³-hybridized carbons (Fsp3) is 0. The highest BCUT2D eigenvalue weighted by molar-refractivity contribution is 14.1. The van der Waals surface area contributed by atoms with Gasteiger partial charge in [0.15, 0.2) is 5.58 Å². The molecule has 1 amide bonds. The Bertz CT molecular complexity index is 766. The van der Waals surface area contributed by atoms with E-state index in [0.29, 0.717) is 22.6 Å². The van der Waals surface area contributed by atoms with Gasteiger partial charge in [0.25, 0.3) is 5.91 Å². The van der Waals surface area contributed by atoms with Crippen molar-refractivity contribution in [1.82, 2.24) is 4.98 Å². The number of benzene rings is 2. The first-order valence-corrected chi connectivity index (χ1v) is 6.69. The highest BCUT2D eigenvalue weighted by Gasteiger charge is 2.17. The summed E-state index contributed by atoms with van der Waals surface area (Å²) in [6.45, 7) is 0. The van der Waals surface area contributed by atoms with Gasteiger partial charge in [-0.3, -0.25) is 4.79 Å². The number of nitrogens with zero attached hydrogens (tertiary/aromatic N) is 1. The summed E-state index contributed by atoms with van der Waals surface area (Å²) in [5.41, 5.74) is 7.75. The zero-order valence-corrected chi connectivity index (χ0v) is 11.9. The summed E-state index contributed by atoms with van der Waals surface area (Å²) < 4.78 is 6.45. The number of halogens is 1. The van der Waals surface area contributed by atoms with Gasteiger partial charge >= 0.3 is 0 Å². The molecule has 3 rings (SSSR count). The first kappa shape index (κ1) is 12.2. The van der Waals surface area contributed by atoms with Gasteiger partial charge in [0.2, 0.25) is 5.89 Å². The lowest BCUT2D eigenvalue weighted by Crippen LogP contribution is -2.13. The van der Waals surface area contributed by atoms with E-state index in [1.54, 1.807) is 12.1 Å². The largest absolute Gasteiger partial charge is 0.436 e. The van der Waals surface area contributed by atoms with E-state index in [2.05, 4.69) is 27.6 Å². The van der Waals surface area contributed by atoms with E-state index >= 15 is 0 Å². The summed E-state index contributed by atoms with van der Waals surface area (Å²) in [4.78, 5) is 15.9. The molecule has 1 aromatic heterocycles. The SMILES string of the molecule is NC(=O)c1c(I)ccc2oc(-c3ccccc3)nc12. The minimum atomic E-state index is -0.497. The van der Waals surface area contributed by atoms with Crippen LogP contribution in [-0.2, 0) is 0 Å². The van der Waals surface area contributed by atoms with Gasteiger partial charge in [0.05, 0.1) is 5.56 Å². The Labute approximate surface area is 122 Å². The Kier molecular flexibility index (Phi) is 2.98. The number of aromatic nitrogens is 1. The molecule has 94 valence electrons.